The van der Waals surface area contributed by atoms with E-state index in [4.69, 9.17) is 0 Å². The zero-order valence-corrected chi connectivity index (χ0v) is 7.31. The molecule has 2 aliphatic carbocycles. The van der Waals surface area contributed by atoms with E-state index in [-0.39, 0.29) is 5.41 Å². The predicted octanol–water partition coefficient (Wildman–Crippen LogP) is 2.16. The summed E-state index contributed by atoms with van der Waals surface area (Å²) < 4.78 is 0. The molecular formula is C11H14O. The van der Waals surface area contributed by atoms with Crippen LogP contribution in [0.5, 0.6) is 0 Å². The van der Waals surface area contributed by atoms with Crippen molar-refractivity contribution in [2.75, 3.05) is 0 Å². The van der Waals surface area contributed by atoms with Crippen molar-refractivity contribution in [3.8, 4) is 11.8 Å². The zero-order valence-electron chi connectivity index (χ0n) is 7.31. The van der Waals surface area contributed by atoms with Crippen LogP contribution in [0.3, 0.4) is 0 Å². The number of carbonyl (C=O) groups excluding carboxylic acids is 1. The molecule has 0 spiro atoms. The molecule has 0 heterocycles. The van der Waals surface area contributed by atoms with E-state index in [0.717, 1.165) is 25.5 Å². The van der Waals surface area contributed by atoms with E-state index in [2.05, 4.69) is 11.8 Å². The molecule has 64 valence electrons. The summed E-state index contributed by atoms with van der Waals surface area (Å²) in [6, 6.07) is 0. The summed E-state index contributed by atoms with van der Waals surface area (Å²) >= 11 is 0. The average Bonchev–Trinajstić information content (AvgIpc) is 2.78. The number of rotatable bonds is 2. The molecule has 2 saturated carbocycles. The molecule has 0 saturated heterocycles. The van der Waals surface area contributed by atoms with E-state index < -0.39 is 0 Å². The van der Waals surface area contributed by atoms with Gasteiger partial charge in [-0.25, -0.2) is 0 Å². The lowest BCUT2D eigenvalue weighted by Crippen LogP contribution is -2.30. The summed E-state index contributed by atoms with van der Waals surface area (Å²) in [5, 5.41) is 0. The van der Waals surface area contributed by atoms with Gasteiger partial charge in [0.25, 0.3) is 0 Å². The highest BCUT2D eigenvalue weighted by molar-refractivity contribution is 5.61. The minimum Gasteiger partial charge on any atom is -0.303 e. The standard InChI is InChI=1S/C11H14O/c12-9-11(7-2-8-11)6-1-3-10-4-5-10/h9-10H,2,4-8H2. The van der Waals surface area contributed by atoms with E-state index in [0.29, 0.717) is 5.92 Å². The molecule has 0 aliphatic heterocycles. The molecule has 2 aliphatic rings. The van der Waals surface area contributed by atoms with Gasteiger partial charge < -0.3 is 4.79 Å². The fraction of sp³-hybridized carbons (Fsp3) is 0.727. The Morgan fingerprint density at radius 2 is 2.17 bits per heavy atom. The van der Waals surface area contributed by atoms with Crippen LogP contribution in [0.15, 0.2) is 0 Å². The van der Waals surface area contributed by atoms with Crippen LogP contribution in [0.25, 0.3) is 0 Å². The van der Waals surface area contributed by atoms with Crippen LogP contribution in [0.2, 0.25) is 0 Å². The second-order valence-corrected chi connectivity index (χ2v) is 4.11. The van der Waals surface area contributed by atoms with E-state index in [1.54, 1.807) is 0 Å². The molecule has 12 heavy (non-hydrogen) atoms. The van der Waals surface area contributed by atoms with Crippen molar-refractivity contribution >= 4 is 6.29 Å². The van der Waals surface area contributed by atoms with Gasteiger partial charge >= 0.3 is 0 Å². The molecule has 0 unspecified atom stereocenters. The first kappa shape index (κ1) is 7.86. The molecule has 0 aromatic rings. The smallest absolute Gasteiger partial charge is 0.127 e. The number of carbonyl (C=O) groups is 1. The average molecular weight is 162 g/mol. The molecule has 0 N–H and O–H groups in total. The molecular weight excluding hydrogens is 148 g/mol. The van der Waals surface area contributed by atoms with Gasteiger partial charge in [-0.2, -0.15) is 0 Å². The third-order valence-electron chi connectivity index (χ3n) is 2.92. The Labute approximate surface area is 73.5 Å². The Bertz CT molecular complexity index is 235. The lowest BCUT2D eigenvalue weighted by molar-refractivity contribution is -0.120. The zero-order chi connectivity index (χ0) is 8.44. The fourth-order valence-electron chi connectivity index (χ4n) is 1.57. The van der Waals surface area contributed by atoms with Gasteiger partial charge in [0.1, 0.15) is 6.29 Å². The molecule has 0 aromatic heterocycles. The maximum Gasteiger partial charge on any atom is 0.127 e. The Balaban J connectivity index is 1.84. The van der Waals surface area contributed by atoms with Gasteiger partial charge in [0.05, 0.1) is 0 Å². The van der Waals surface area contributed by atoms with Gasteiger partial charge in [-0.15, -0.1) is 5.92 Å². The van der Waals surface area contributed by atoms with Crippen molar-refractivity contribution in [2.24, 2.45) is 11.3 Å². The summed E-state index contributed by atoms with van der Waals surface area (Å²) in [5.74, 6) is 7.04. The van der Waals surface area contributed by atoms with Crippen molar-refractivity contribution in [1.29, 1.82) is 0 Å². The lowest BCUT2D eigenvalue weighted by Gasteiger charge is -2.34. The van der Waals surface area contributed by atoms with E-state index in [9.17, 15) is 4.79 Å². The van der Waals surface area contributed by atoms with E-state index in [1.807, 2.05) is 0 Å². The molecule has 0 atom stereocenters. The quantitative estimate of drug-likeness (QED) is 0.449. The van der Waals surface area contributed by atoms with Gasteiger partial charge in [0.15, 0.2) is 0 Å². The number of hydrogen-bond acceptors (Lipinski definition) is 1. The van der Waals surface area contributed by atoms with Crippen molar-refractivity contribution in [3.05, 3.63) is 0 Å². The first-order valence-corrected chi connectivity index (χ1v) is 4.79. The fourth-order valence-corrected chi connectivity index (χ4v) is 1.57. The van der Waals surface area contributed by atoms with Crippen molar-refractivity contribution < 1.29 is 4.79 Å². The van der Waals surface area contributed by atoms with Crippen LogP contribution < -0.4 is 0 Å². The number of aldehydes is 1. The summed E-state index contributed by atoms with van der Waals surface area (Å²) in [6.45, 7) is 0. The van der Waals surface area contributed by atoms with Crippen LogP contribution in [-0.2, 0) is 4.79 Å². The third-order valence-corrected chi connectivity index (χ3v) is 2.92. The van der Waals surface area contributed by atoms with Gasteiger partial charge in [0.2, 0.25) is 0 Å². The van der Waals surface area contributed by atoms with E-state index in [1.165, 1.54) is 19.3 Å². The van der Waals surface area contributed by atoms with Crippen LogP contribution >= 0.6 is 0 Å². The Hall–Kier alpha value is -0.770. The molecule has 0 aromatic carbocycles. The second-order valence-electron chi connectivity index (χ2n) is 4.11. The maximum atomic E-state index is 10.7. The Morgan fingerprint density at radius 1 is 1.42 bits per heavy atom. The molecule has 1 nitrogen and oxygen atoms in total. The summed E-state index contributed by atoms with van der Waals surface area (Å²) in [5.41, 5.74) is -0.0259. The molecule has 0 amide bonds. The second kappa shape index (κ2) is 2.94. The Morgan fingerprint density at radius 3 is 2.58 bits per heavy atom. The monoisotopic (exact) mass is 162 g/mol. The molecule has 0 radical (unpaired) electrons. The summed E-state index contributed by atoms with van der Waals surface area (Å²) in [7, 11) is 0. The maximum absolute atomic E-state index is 10.7. The third kappa shape index (κ3) is 1.53. The molecule has 0 bridgehead atoms. The minimum absolute atomic E-state index is 0.0259. The first-order valence-electron chi connectivity index (χ1n) is 4.79. The summed E-state index contributed by atoms with van der Waals surface area (Å²) in [6.07, 6.45) is 7.84. The predicted molar refractivity (Wildman–Crippen MR) is 47.5 cm³/mol. The topological polar surface area (TPSA) is 17.1 Å². The van der Waals surface area contributed by atoms with Crippen LogP contribution in [0, 0.1) is 23.2 Å². The molecule has 2 rings (SSSR count). The highest BCUT2D eigenvalue weighted by Crippen LogP contribution is 2.41. The molecule has 1 heteroatoms. The normalized spacial score (nSPS) is 25.0. The largest absolute Gasteiger partial charge is 0.303 e. The van der Waals surface area contributed by atoms with Gasteiger partial charge in [-0.3, -0.25) is 0 Å². The van der Waals surface area contributed by atoms with Crippen molar-refractivity contribution in [3.63, 3.8) is 0 Å². The summed E-state index contributed by atoms with van der Waals surface area (Å²) in [4.78, 5) is 10.7. The van der Waals surface area contributed by atoms with E-state index >= 15 is 0 Å². The SMILES string of the molecule is O=CC1(CC#CC2CC2)CCC1. The highest BCUT2D eigenvalue weighted by atomic mass is 16.1. The molecule has 2 fully saturated rings. The van der Waals surface area contributed by atoms with Crippen LogP contribution in [0.1, 0.15) is 38.5 Å². The highest BCUT2D eigenvalue weighted by Gasteiger charge is 2.35. The Kier molecular flexibility index (Phi) is 1.92. The van der Waals surface area contributed by atoms with Crippen LogP contribution in [0.4, 0.5) is 0 Å². The van der Waals surface area contributed by atoms with Gasteiger partial charge in [0, 0.05) is 17.8 Å². The number of hydrogen-bond donors (Lipinski definition) is 0. The van der Waals surface area contributed by atoms with Crippen LogP contribution in [-0.4, -0.2) is 6.29 Å². The van der Waals surface area contributed by atoms with Gasteiger partial charge in [-0.1, -0.05) is 12.3 Å². The first-order chi connectivity index (χ1) is 5.85. The van der Waals surface area contributed by atoms with Gasteiger partial charge in [-0.05, 0) is 25.7 Å². The van der Waals surface area contributed by atoms with Crippen molar-refractivity contribution in [1.82, 2.24) is 0 Å². The van der Waals surface area contributed by atoms with Crippen molar-refractivity contribution in [2.45, 2.75) is 38.5 Å². The lowest BCUT2D eigenvalue weighted by atomic mass is 9.68. The minimum atomic E-state index is -0.0259.